The van der Waals surface area contributed by atoms with Gasteiger partial charge in [-0.2, -0.15) is 0 Å². The number of aromatic nitrogens is 1. The Hall–Kier alpha value is -1.61. The van der Waals surface area contributed by atoms with Gasteiger partial charge in [0.05, 0.1) is 0 Å². The summed E-state index contributed by atoms with van der Waals surface area (Å²) in [6.45, 7) is 4.78. The summed E-state index contributed by atoms with van der Waals surface area (Å²) in [6.07, 6.45) is 8.87. The Morgan fingerprint density at radius 1 is 1.25 bits per heavy atom. The molecule has 0 saturated carbocycles. The lowest BCUT2D eigenvalue weighted by atomic mass is 9.91. The van der Waals surface area contributed by atoms with Crippen LogP contribution in [0.1, 0.15) is 24.1 Å². The van der Waals surface area contributed by atoms with Crippen molar-refractivity contribution in [2.24, 2.45) is 5.92 Å². The zero-order chi connectivity index (χ0) is 13.9. The molecule has 0 atom stereocenters. The van der Waals surface area contributed by atoms with Gasteiger partial charge in [-0.3, -0.25) is 4.98 Å². The highest BCUT2D eigenvalue weighted by atomic mass is 16.5. The Kier molecular flexibility index (Phi) is 3.88. The SMILES string of the molecule is Cc1ccc(C2=CCN(C)C(C3CCOCC3)=C2)cn1. The van der Waals surface area contributed by atoms with E-state index in [1.54, 1.807) is 0 Å². The molecule has 0 N–H and O–H groups in total. The number of ether oxygens (including phenoxy) is 1. The lowest BCUT2D eigenvalue weighted by Gasteiger charge is -2.33. The monoisotopic (exact) mass is 270 g/mol. The fourth-order valence-electron chi connectivity index (χ4n) is 2.93. The minimum Gasteiger partial charge on any atom is -0.381 e. The molecule has 0 aromatic carbocycles. The third-order valence-corrected chi connectivity index (χ3v) is 4.21. The fraction of sp³-hybridized carbons (Fsp3) is 0.471. The molecule has 3 nitrogen and oxygen atoms in total. The van der Waals surface area contributed by atoms with E-state index >= 15 is 0 Å². The molecule has 2 aliphatic heterocycles. The molecule has 20 heavy (non-hydrogen) atoms. The molecule has 3 rings (SSSR count). The molecule has 0 amide bonds. The van der Waals surface area contributed by atoms with Gasteiger partial charge in [-0.05, 0) is 43.0 Å². The second-order valence-corrected chi connectivity index (χ2v) is 5.68. The van der Waals surface area contributed by atoms with Crippen molar-refractivity contribution in [3.8, 4) is 0 Å². The molecule has 1 saturated heterocycles. The summed E-state index contributed by atoms with van der Waals surface area (Å²) in [5.41, 5.74) is 5.03. The van der Waals surface area contributed by atoms with E-state index in [-0.39, 0.29) is 0 Å². The molecule has 1 aromatic heterocycles. The Balaban J connectivity index is 1.85. The van der Waals surface area contributed by atoms with Crippen LogP contribution < -0.4 is 0 Å². The van der Waals surface area contributed by atoms with Gasteiger partial charge in [0.25, 0.3) is 0 Å². The molecule has 0 aliphatic carbocycles. The van der Waals surface area contributed by atoms with E-state index in [2.05, 4.69) is 41.2 Å². The number of aryl methyl sites for hydroxylation is 1. The topological polar surface area (TPSA) is 25.4 Å². The van der Waals surface area contributed by atoms with Gasteiger partial charge in [0.1, 0.15) is 0 Å². The standard InChI is InChI=1S/C17H22N2O/c1-13-3-4-16(12-18-13)15-5-8-19(2)17(11-15)14-6-9-20-10-7-14/h3-5,11-12,14H,6-10H2,1-2H3. The first-order valence-electron chi connectivity index (χ1n) is 7.38. The second kappa shape index (κ2) is 5.80. The van der Waals surface area contributed by atoms with Crippen LogP contribution in [0.15, 0.2) is 36.2 Å². The number of rotatable bonds is 2. The van der Waals surface area contributed by atoms with Gasteiger partial charge >= 0.3 is 0 Å². The first-order chi connectivity index (χ1) is 9.74. The molecule has 1 aromatic rings. The summed E-state index contributed by atoms with van der Waals surface area (Å²) in [7, 11) is 2.18. The molecular weight excluding hydrogens is 248 g/mol. The van der Waals surface area contributed by atoms with E-state index < -0.39 is 0 Å². The van der Waals surface area contributed by atoms with Crippen molar-refractivity contribution in [2.45, 2.75) is 19.8 Å². The predicted octanol–water partition coefficient (Wildman–Crippen LogP) is 3.03. The predicted molar refractivity (Wildman–Crippen MR) is 81.2 cm³/mol. The Bertz CT molecular complexity index is 524. The van der Waals surface area contributed by atoms with Crippen LogP contribution in [0.4, 0.5) is 0 Å². The number of allylic oxidation sites excluding steroid dienone is 3. The van der Waals surface area contributed by atoms with Crippen molar-refractivity contribution in [1.29, 1.82) is 0 Å². The van der Waals surface area contributed by atoms with E-state index in [9.17, 15) is 0 Å². The van der Waals surface area contributed by atoms with E-state index in [0.717, 1.165) is 38.3 Å². The van der Waals surface area contributed by atoms with Crippen molar-refractivity contribution in [3.63, 3.8) is 0 Å². The summed E-state index contributed by atoms with van der Waals surface area (Å²) >= 11 is 0. The lowest BCUT2D eigenvalue weighted by Crippen LogP contribution is -2.29. The first kappa shape index (κ1) is 13.4. The summed E-state index contributed by atoms with van der Waals surface area (Å²) in [4.78, 5) is 6.77. The third kappa shape index (κ3) is 2.78. The van der Waals surface area contributed by atoms with Crippen LogP contribution >= 0.6 is 0 Å². The van der Waals surface area contributed by atoms with Gasteiger partial charge in [-0.1, -0.05) is 12.1 Å². The maximum absolute atomic E-state index is 5.48. The summed E-state index contributed by atoms with van der Waals surface area (Å²) in [6, 6.07) is 4.24. The average molecular weight is 270 g/mol. The molecule has 0 radical (unpaired) electrons. The molecule has 3 heteroatoms. The maximum Gasteiger partial charge on any atom is 0.0472 e. The van der Waals surface area contributed by atoms with Crippen LogP contribution in [-0.2, 0) is 4.74 Å². The van der Waals surface area contributed by atoms with Crippen molar-refractivity contribution >= 4 is 5.57 Å². The Morgan fingerprint density at radius 2 is 2.05 bits per heavy atom. The maximum atomic E-state index is 5.48. The van der Waals surface area contributed by atoms with E-state index in [1.807, 2.05) is 13.1 Å². The highest BCUT2D eigenvalue weighted by molar-refractivity contribution is 5.75. The van der Waals surface area contributed by atoms with Gasteiger partial charge in [-0.25, -0.2) is 0 Å². The number of nitrogens with zero attached hydrogens (tertiary/aromatic N) is 2. The fourth-order valence-corrected chi connectivity index (χ4v) is 2.93. The van der Waals surface area contributed by atoms with E-state index in [1.165, 1.54) is 16.8 Å². The van der Waals surface area contributed by atoms with Crippen LogP contribution in [0.25, 0.3) is 5.57 Å². The van der Waals surface area contributed by atoms with Crippen molar-refractivity contribution in [1.82, 2.24) is 9.88 Å². The van der Waals surface area contributed by atoms with Crippen LogP contribution in [0, 0.1) is 12.8 Å². The average Bonchev–Trinajstić information content (AvgIpc) is 2.50. The normalized spacial score (nSPS) is 20.6. The van der Waals surface area contributed by atoms with Gasteiger partial charge in [0.15, 0.2) is 0 Å². The molecule has 2 aliphatic rings. The number of likely N-dealkylation sites (N-methyl/N-ethyl adjacent to an activating group) is 1. The van der Waals surface area contributed by atoms with E-state index in [4.69, 9.17) is 4.74 Å². The molecule has 3 heterocycles. The van der Waals surface area contributed by atoms with Crippen molar-refractivity contribution in [3.05, 3.63) is 47.4 Å². The smallest absolute Gasteiger partial charge is 0.0472 e. The zero-order valence-electron chi connectivity index (χ0n) is 12.3. The highest BCUT2D eigenvalue weighted by Gasteiger charge is 2.23. The Morgan fingerprint density at radius 3 is 2.75 bits per heavy atom. The van der Waals surface area contributed by atoms with Gasteiger partial charge < -0.3 is 9.64 Å². The molecule has 0 unspecified atom stereocenters. The summed E-state index contributed by atoms with van der Waals surface area (Å²) in [5, 5.41) is 0. The number of hydrogen-bond acceptors (Lipinski definition) is 3. The van der Waals surface area contributed by atoms with Gasteiger partial charge in [-0.15, -0.1) is 0 Å². The number of hydrogen-bond donors (Lipinski definition) is 0. The minimum atomic E-state index is 0.635. The number of pyridine rings is 1. The molecule has 1 fully saturated rings. The minimum absolute atomic E-state index is 0.635. The van der Waals surface area contributed by atoms with Crippen LogP contribution in [0.3, 0.4) is 0 Å². The second-order valence-electron chi connectivity index (χ2n) is 5.68. The van der Waals surface area contributed by atoms with Crippen molar-refractivity contribution in [2.75, 3.05) is 26.8 Å². The highest BCUT2D eigenvalue weighted by Crippen LogP contribution is 2.31. The Labute approximate surface area is 121 Å². The first-order valence-corrected chi connectivity index (χ1v) is 7.38. The van der Waals surface area contributed by atoms with Crippen LogP contribution in [-0.4, -0.2) is 36.7 Å². The molecule has 0 spiro atoms. The van der Waals surface area contributed by atoms with Crippen molar-refractivity contribution < 1.29 is 4.74 Å². The summed E-state index contributed by atoms with van der Waals surface area (Å²) < 4.78 is 5.48. The summed E-state index contributed by atoms with van der Waals surface area (Å²) in [5.74, 6) is 0.635. The van der Waals surface area contributed by atoms with Crippen LogP contribution in [0.5, 0.6) is 0 Å². The molecule has 0 bridgehead atoms. The zero-order valence-corrected chi connectivity index (χ0v) is 12.3. The van der Waals surface area contributed by atoms with Crippen LogP contribution in [0.2, 0.25) is 0 Å². The molecular formula is C17H22N2O. The van der Waals surface area contributed by atoms with Gasteiger partial charge in [0, 0.05) is 50.3 Å². The molecule has 106 valence electrons. The lowest BCUT2D eigenvalue weighted by molar-refractivity contribution is 0.0692. The van der Waals surface area contributed by atoms with E-state index in [0.29, 0.717) is 5.92 Å². The van der Waals surface area contributed by atoms with Gasteiger partial charge in [0.2, 0.25) is 0 Å². The quantitative estimate of drug-likeness (QED) is 0.826. The third-order valence-electron chi connectivity index (χ3n) is 4.21. The largest absolute Gasteiger partial charge is 0.381 e.